The number of hydrogen-bond acceptors (Lipinski definition) is 4. The summed E-state index contributed by atoms with van der Waals surface area (Å²) in [5.74, 6) is 1.97. The van der Waals surface area contributed by atoms with Gasteiger partial charge in [-0.2, -0.15) is 0 Å². The number of halogens is 1. The summed E-state index contributed by atoms with van der Waals surface area (Å²) >= 11 is 0. The van der Waals surface area contributed by atoms with Crippen molar-refractivity contribution in [3.05, 3.63) is 29.8 Å². The Kier molecular flexibility index (Phi) is 10.2. The van der Waals surface area contributed by atoms with Crippen molar-refractivity contribution in [1.29, 1.82) is 0 Å². The second kappa shape index (κ2) is 12.3. The number of piperazine rings is 1. The molecule has 168 valence electrons. The standard InChI is InChI=1S/C22H35N5O2.HI/c1-17(2)25-21(28)16-26-11-13-27(14-12-26)22(23-3)24-15-18-7-4-5-10-20(18)29-19-8-6-9-19;/h4-5,7,10,17,19H,6,8-9,11-16H2,1-3H3,(H,23,24)(H,25,28);1H. The summed E-state index contributed by atoms with van der Waals surface area (Å²) in [6.07, 6.45) is 3.95. The van der Waals surface area contributed by atoms with Gasteiger partial charge in [0.2, 0.25) is 5.91 Å². The molecule has 8 heteroatoms. The molecule has 1 saturated heterocycles. The van der Waals surface area contributed by atoms with E-state index in [-0.39, 0.29) is 35.9 Å². The van der Waals surface area contributed by atoms with Crippen LogP contribution in [0.5, 0.6) is 5.75 Å². The zero-order valence-electron chi connectivity index (χ0n) is 18.4. The van der Waals surface area contributed by atoms with Crippen molar-refractivity contribution in [2.75, 3.05) is 39.8 Å². The molecule has 2 fully saturated rings. The number of benzene rings is 1. The van der Waals surface area contributed by atoms with Crippen LogP contribution in [-0.4, -0.2) is 73.6 Å². The first-order chi connectivity index (χ1) is 14.0. The minimum absolute atomic E-state index is 0. The summed E-state index contributed by atoms with van der Waals surface area (Å²) in [7, 11) is 1.82. The summed E-state index contributed by atoms with van der Waals surface area (Å²) in [4.78, 5) is 20.9. The predicted octanol–water partition coefficient (Wildman–Crippen LogP) is 2.45. The summed E-state index contributed by atoms with van der Waals surface area (Å²) < 4.78 is 6.13. The van der Waals surface area contributed by atoms with Crippen molar-refractivity contribution in [3.8, 4) is 5.75 Å². The Hall–Kier alpha value is -1.55. The third-order valence-corrected chi connectivity index (χ3v) is 5.46. The number of amides is 1. The predicted molar refractivity (Wildman–Crippen MR) is 132 cm³/mol. The quantitative estimate of drug-likeness (QED) is 0.323. The SMILES string of the molecule is CN=C(NCc1ccccc1OC1CCC1)N1CCN(CC(=O)NC(C)C)CC1.I. The molecule has 0 radical (unpaired) electrons. The fraction of sp³-hybridized carbons (Fsp3) is 0.636. The van der Waals surface area contributed by atoms with Crippen molar-refractivity contribution < 1.29 is 9.53 Å². The maximum absolute atomic E-state index is 12.0. The van der Waals surface area contributed by atoms with Crippen molar-refractivity contribution in [3.63, 3.8) is 0 Å². The van der Waals surface area contributed by atoms with Crippen LogP contribution in [-0.2, 0) is 11.3 Å². The van der Waals surface area contributed by atoms with Crippen molar-refractivity contribution >= 4 is 35.8 Å². The van der Waals surface area contributed by atoms with Gasteiger partial charge in [-0.1, -0.05) is 18.2 Å². The molecule has 2 aliphatic rings. The molecule has 3 rings (SSSR count). The van der Waals surface area contributed by atoms with E-state index in [2.05, 4.69) is 37.6 Å². The number of nitrogens with zero attached hydrogens (tertiary/aromatic N) is 3. The highest BCUT2D eigenvalue weighted by molar-refractivity contribution is 14.0. The minimum Gasteiger partial charge on any atom is -0.490 e. The Bertz CT molecular complexity index is 701. The number of hydrogen-bond donors (Lipinski definition) is 2. The van der Waals surface area contributed by atoms with Gasteiger partial charge in [0.05, 0.1) is 12.6 Å². The van der Waals surface area contributed by atoms with Crippen LogP contribution in [0.4, 0.5) is 0 Å². The zero-order chi connectivity index (χ0) is 20.6. The number of carbonyl (C=O) groups excluding carboxylic acids is 1. The van der Waals surface area contributed by atoms with Crippen LogP contribution >= 0.6 is 24.0 Å². The number of guanidine groups is 1. The van der Waals surface area contributed by atoms with E-state index in [1.54, 1.807) is 0 Å². The monoisotopic (exact) mass is 529 g/mol. The molecular weight excluding hydrogens is 493 g/mol. The van der Waals surface area contributed by atoms with Crippen LogP contribution in [0.2, 0.25) is 0 Å². The van der Waals surface area contributed by atoms with E-state index in [0.29, 0.717) is 19.2 Å². The molecule has 0 spiro atoms. The summed E-state index contributed by atoms with van der Waals surface area (Å²) in [6, 6.07) is 8.43. The lowest BCUT2D eigenvalue weighted by molar-refractivity contribution is -0.123. The fourth-order valence-electron chi connectivity index (χ4n) is 3.63. The van der Waals surface area contributed by atoms with Crippen LogP contribution in [0.25, 0.3) is 0 Å². The third-order valence-electron chi connectivity index (χ3n) is 5.46. The molecule has 0 atom stereocenters. The van der Waals surface area contributed by atoms with Gasteiger partial charge >= 0.3 is 0 Å². The van der Waals surface area contributed by atoms with Crippen LogP contribution in [0.1, 0.15) is 38.7 Å². The molecule has 30 heavy (non-hydrogen) atoms. The van der Waals surface area contributed by atoms with Crippen LogP contribution < -0.4 is 15.4 Å². The Labute approximate surface area is 197 Å². The van der Waals surface area contributed by atoms with Crippen LogP contribution in [0.15, 0.2) is 29.3 Å². The lowest BCUT2D eigenvalue weighted by Crippen LogP contribution is -2.54. The molecule has 7 nitrogen and oxygen atoms in total. The highest BCUT2D eigenvalue weighted by atomic mass is 127. The second-order valence-electron chi connectivity index (χ2n) is 8.16. The number of ether oxygens (including phenoxy) is 1. The smallest absolute Gasteiger partial charge is 0.234 e. The van der Waals surface area contributed by atoms with Crippen LogP contribution in [0, 0.1) is 0 Å². The maximum Gasteiger partial charge on any atom is 0.234 e. The Morgan fingerprint density at radius 1 is 1.20 bits per heavy atom. The molecule has 1 aliphatic carbocycles. The normalized spacial score (nSPS) is 17.9. The van der Waals surface area contributed by atoms with Gasteiger partial charge in [0.1, 0.15) is 5.75 Å². The molecule has 0 aromatic heterocycles. The Morgan fingerprint density at radius 2 is 1.90 bits per heavy atom. The highest BCUT2D eigenvalue weighted by Gasteiger charge is 2.22. The first-order valence-corrected chi connectivity index (χ1v) is 10.8. The zero-order valence-corrected chi connectivity index (χ0v) is 20.7. The highest BCUT2D eigenvalue weighted by Crippen LogP contribution is 2.27. The van der Waals surface area contributed by atoms with Crippen LogP contribution in [0.3, 0.4) is 0 Å². The summed E-state index contributed by atoms with van der Waals surface area (Å²) in [5, 5.41) is 6.44. The van der Waals surface area contributed by atoms with Crippen molar-refractivity contribution in [2.45, 2.75) is 51.8 Å². The van der Waals surface area contributed by atoms with E-state index >= 15 is 0 Å². The van der Waals surface area contributed by atoms with E-state index < -0.39 is 0 Å². The van der Waals surface area contributed by atoms with E-state index in [0.717, 1.165) is 56.3 Å². The molecule has 1 aromatic rings. The van der Waals surface area contributed by atoms with E-state index in [1.807, 2.05) is 33.0 Å². The molecule has 1 amide bonds. The molecule has 1 aromatic carbocycles. The lowest BCUT2D eigenvalue weighted by Gasteiger charge is -2.36. The fourth-order valence-corrected chi connectivity index (χ4v) is 3.63. The Balaban J connectivity index is 0.00000320. The topological polar surface area (TPSA) is 69.2 Å². The summed E-state index contributed by atoms with van der Waals surface area (Å²) in [6.45, 7) is 8.54. The van der Waals surface area contributed by atoms with Gasteiger partial charge in [-0.3, -0.25) is 14.7 Å². The molecule has 1 saturated carbocycles. The second-order valence-corrected chi connectivity index (χ2v) is 8.16. The molecule has 1 heterocycles. The Morgan fingerprint density at radius 3 is 2.50 bits per heavy atom. The van der Waals surface area contributed by atoms with Gasteiger partial charge in [0, 0.05) is 51.4 Å². The van der Waals surface area contributed by atoms with Gasteiger partial charge in [-0.05, 0) is 39.2 Å². The number of para-hydroxylation sites is 1. The van der Waals surface area contributed by atoms with E-state index in [4.69, 9.17) is 4.74 Å². The third kappa shape index (κ3) is 7.30. The molecule has 0 bridgehead atoms. The number of nitrogens with one attached hydrogen (secondary N) is 2. The largest absolute Gasteiger partial charge is 0.490 e. The number of rotatable bonds is 7. The maximum atomic E-state index is 12.0. The molecule has 1 aliphatic heterocycles. The average molecular weight is 529 g/mol. The number of aliphatic imine (C=N–C) groups is 1. The van der Waals surface area contributed by atoms with Crippen molar-refractivity contribution in [1.82, 2.24) is 20.4 Å². The van der Waals surface area contributed by atoms with Gasteiger partial charge in [-0.25, -0.2) is 0 Å². The first-order valence-electron chi connectivity index (χ1n) is 10.8. The molecule has 0 unspecified atom stereocenters. The average Bonchev–Trinajstić information content (AvgIpc) is 2.66. The summed E-state index contributed by atoms with van der Waals surface area (Å²) in [5.41, 5.74) is 1.16. The van der Waals surface area contributed by atoms with Crippen molar-refractivity contribution in [2.24, 2.45) is 4.99 Å². The van der Waals surface area contributed by atoms with Gasteiger partial charge in [-0.15, -0.1) is 24.0 Å². The first kappa shape index (κ1) is 24.7. The number of carbonyl (C=O) groups is 1. The van der Waals surface area contributed by atoms with E-state index in [9.17, 15) is 4.79 Å². The van der Waals surface area contributed by atoms with Gasteiger partial charge in [0.25, 0.3) is 0 Å². The minimum atomic E-state index is 0. The van der Waals surface area contributed by atoms with Gasteiger partial charge < -0.3 is 20.3 Å². The molecular formula is C22H36IN5O2. The van der Waals surface area contributed by atoms with Gasteiger partial charge in [0.15, 0.2) is 5.96 Å². The lowest BCUT2D eigenvalue weighted by atomic mass is 9.96. The van der Waals surface area contributed by atoms with E-state index in [1.165, 1.54) is 6.42 Å². The molecule has 2 N–H and O–H groups in total.